The molecule has 0 unspecified atom stereocenters. The average molecular weight is 279 g/mol. The van der Waals surface area contributed by atoms with E-state index in [2.05, 4.69) is 13.2 Å². The van der Waals surface area contributed by atoms with Crippen molar-refractivity contribution in [3.05, 3.63) is 54.6 Å². The predicted molar refractivity (Wildman–Crippen MR) is 79.6 cm³/mol. The van der Waals surface area contributed by atoms with Crippen molar-refractivity contribution >= 4 is 10.0 Å². The molecule has 0 N–H and O–H groups in total. The van der Waals surface area contributed by atoms with Crippen LogP contribution in [0.4, 0.5) is 0 Å². The molecule has 0 fully saturated rings. The topological polar surface area (TPSA) is 37.4 Å². The van der Waals surface area contributed by atoms with E-state index in [1.54, 1.807) is 30.3 Å². The summed E-state index contributed by atoms with van der Waals surface area (Å²) in [5.74, 6) is 0. The maximum absolute atomic E-state index is 12.5. The number of benzene rings is 1. The third-order valence-corrected chi connectivity index (χ3v) is 4.66. The lowest BCUT2D eigenvalue weighted by molar-refractivity contribution is 0.445. The third kappa shape index (κ3) is 4.33. The molecule has 0 aliphatic carbocycles. The van der Waals surface area contributed by atoms with Gasteiger partial charge in [0, 0.05) is 13.1 Å². The summed E-state index contributed by atoms with van der Waals surface area (Å²) in [7, 11) is -3.45. The van der Waals surface area contributed by atoms with Crippen LogP contribution >= 0.6 is 0 Å². The van der Waals surface area contributed by atoms with E-state index in [1.165, 1.54) is 4.31 Å². The van der Waals surface area contributed by atoms with E-state index in [4.69, 9.17) is 0 Å². The van der Waals surface area contributed by atoms with Crippen molar-refractivity contribution in [3.63, 3.8) is 0 Å². The lowest BCUT2D eigenvalue weighted by Crippen LogP contribution is -2.32. The van der Waals surface area contributed by atoms with Gasteiger partial charge in [-0.15, -0.1) is 13.2 Å². The Morgan fingerprint density at radius 2 is 1.89 bits per heavy atom. The Morgan fingerprint density at radius 3 is 2.37 bits per heavy atom. The Morgan fingerprint density at radius 1 is 1.32 bits per heavy atom. The van der Waals surface area contributed by atoms with Crippen molar-refractivity contribution in [1.29, 1.82) is 0 Å². The van der Waals surface area contributed by atoms with Crippen LogP contribution in [-0.2, 0) is 10.0 Å². The largest absolute Gasteiger partial charge is 0.243 e. The minimum Gasteiger partial charge on any atom is -0.207 e. The lowest BCUT2D eigenvalue weighted by Gasteiger charge is -2.20. The van der Waals surface area contributed by atoms with Gasteiger partial charge >= 0.3 is 0 Å². The lowest BCUT2D eigenvalue weighted by atomic mass is 10.2. The minimum atomic E-state index is -3.45. The van der Waals surface area contributed by atoms with E-state index in [1.807, 2.05) is 13.8 Å². The van der Waals surface area contributed by atoms with Crippen LogP contribution in [0, 0.1) is 6.92 Å². The molecule has 1 aromatic carbocycles. The van der Waals surface area contributed by atoms with Crippen LogP contribution in [0.5, 0.6) is 0 Å². The zero-order valence-electron chi connectivity index (χ0n) is 11.6. The van der Waals surface area contributed by atoms with Crippen LogP contribution < -0.4 is 0 Å². The summed E-state index contributed by atoms with van der Waals surface area (Å²) in [6, 6.07) is 6.89. The second kappa shape index (κ2) is 6.68. The van der Waals surface area contributed by atoms with Crippen molar-refractivity contribution in [3.8, 4) is 0 Å². The van der Waals surface area contributed by atoms with E-state index in [0.29, 0.717) is 24.4 Å². The summed E-state index contributed by atoms with van der Waals surface area (Å²) < 4.78 is 26.4. The molecule has 0 saturated carbocycles. The number of aryl methyl sites for hydroxylation is 1. The molecule has 0 atom stereocenters. The van der Waals surface area contributed by atoms with E-state index >= 15 is 0 Å². The van der Waals surface area contributed by atoms with Gasteiger partial charge in [0.15, 0.2) is 0 Å². The molecule has 0 aliphatic heterocycles. The summed E-state index contributed by atoms with van der Waals surface area (Å²) in [5.41, 5.74) is 2.00. The zero-order valence-corrected chi connectivity index (χ0v) is 12.4. The first-order valence-electron chi connectivity index (χ1n) is 6.20. The van der Waals surface area contributed by atoms with Gasteiger partial charge in [-0.1, -0.05) is 29.3 Å². The van der Waals surface area contributed by atoms with E-state index in [-0.39, 0.29) is 0 Å². The van der Waals surface area contributed by atoms with Crippen molar-refractivity contribution < 1.29 is 8.42 Å². The molecule has 0 aliphatic rings. The first kappa shape index (κ1) is 15.7. The van der Waals surface area contributed by atoms with Gasteiger partial charge in [0.1, 0.15) is 0 Å². The van der Waals surface area contributed by atoms with Gasteiger partial charge in [0.2, 0.25) is 10.0 Å². The smallest absolute Gasteiger partial charge is 0.207 e. The Bertz CT molecular complexity index is 544. The predicted octanol–water partition coefficient (Wildman–Crippen LogP) is 3.14. The van der Waals surface area contributed by atoms with Crippen LogP contribution in [0.15, 0.2) is 54.0 Å². The van der Waals surface area contributed by atoms with E-state index in [9.17, 15) is 8.42 Å². The van der Waals surface area contributed by atoms with Crippen molar-refractivity contribution in [2.75, 3.05) is 13.1 Å². The molecule has 0 heterocycles. The summed E-state index contributed by atoms with van der Waals surface area (Å²) in [6.07, 6.45) is 2.25. The molecule has 0 aromatic heterocycles. The zero-order chi connectivity index (χ0) is 14.5. The summed E-state index contributed by atoms with van der Waals surface area (Å²) in [6.45, 7) is 12.0. The van der Waals surface area contributed by atoms with Gasteiger partial charge in [-0.25, -0.2) is 8.42 Å². The fraction of sp³-hybridized carbons (Fsp3) is 0.333. The average Bonchev–Trinajstić information content (AvgIpc) is 2.34. The standard InChI is InChI=1S/C15H21NO2S/c1-5-11-16(12-10-13(2)3)19(17,18)15-8-6-14(4)7-9-15/h5-9H,1-2,10-12H2,3-4H3. The normalized spacial score (nSPS) is 11.5. The highest BCUT2D eigenvalue weighted by molar-refractivity contribution is 7.89. The highest BCUT2D eigenvalue weighted by atomic mass is 32.2. The Kier molecular flexibility index (Phi) is 5.51. The highest BCUT2D eigenvalue weighted by Gasteiger charge is 2.22. The number of nitrogens with zero attached hydrogens (tertiary/aromatic N) is 1. The molecular weight excluding hydrogens is 258 g/mol. The molecule has 3 nitrogen and oxygen atoms in total. The maximum Gasteiger partial charge on any atom is 0.243 e. The highest BCUT2D eigenvalue weighted by Crippen LogP contribution is 2.17. The molecule has 0 bridgehead atoms. The molecular formula is C15H21NO2S. The molecule has 0 radical (unpaired) electrons. The molecule has 1 aromatic rings. The summed E-state index contributed by atoms with van der Waals surface area (Å²) in [5, 5.41) is 0. The SMILES string of the molecule is C=CCN(CCC(=C)C)S(=O)(=O)c1ccc(C)cc1. The van der Waals surface area contributed by atoms with E-state index in [0.717, 1.165) is 11.1 Å². The number of hydrogen-bond acceptors (Lipinski definition) is 2. The van der Waals surface area contributed by atoms with Gasteiger partial charge in [0.05, 0.1) is 4.90 Å². The number of rotatable bonds is 7. The van der Waals surface area contributed by atoms with Crippen LogP contribution in [0.1, 0.15) is 18.9 Å². The molecule has 4 heteroatoms. The molecule has 19 heavy (non-hydrogen) atoms. The summed E-state index contributed by atoms with van der Waals surface area (Å²) >= 11 is 0. The van der Waals surface area contributed by atoms with Crippen LogP contribution in [0.3, 0.4) is 0 Å². The third-order valence-electron chi connectivity index (χ3n) is 2.78. The quantitative estimate of drug-likeness (QED) is 0.719. The Labute approximate surface area is 116 Å². The Hall–Kier alpha value is -1.39. The molecule has 0 saturated heterocycles. The van der Waals surface area contributed by atoms with Gasteiger partial charge < -0.3 is 0 Å². The first-order valence-corrected chi connectivity index (χ1v) is 7.64. The molecule has 0 amide bonds. The van der Waals surface area contributed by atoms with Crippen LogP contribution in [0.25, 0.3) is 0 Å². The monoisotopic (exact) mass is 279 g/mol. The minimum absolute atomic E-state index is 0.309. The van der Waals surface area contributed by atoms with Gasteiger partial charge in [-0.3, -0.25) is 0 Å². The molecule has 1 rings (SSSR count). The Balaban J connectivity index is 3.01. The first-order chi connectivity index (χ1) is 8.87. The second-order valence-electron chi connectivity index (χ2n) is 4.67. The van der Waals surface area contributed by atoms with Gasteiger partial charge in [-0.2, -0.15) is 4.31 Å². The fourth-order valence-electron chi connectivity index (χ4n) is 1.63. The fourth-order valence-corrected chi connectivity index (χ4v) is 3.04. The van der Waals surface area contributed by atoms with Crippen LogP contribution in [0.2, 0.25) is 0 Å². The van der Waals surface area contributed by atoms with Crippen molar-refractivity contribution in [2.45, 2.75) is 25.2 Å². The van der Waals surface area contributed by atoms with Gasteiger partial charge in [-0.05, 0) is 32.4 Å². The number of sulfonamides is 1. The van der Waals surface area contributed by atoms with Crippen LogP contribution in [-0.4, -0.2) is 25.8 Å². The van der Waals surface area contributed by atoms with Crippen molar-refractivity contribution in [2.24, 2.45) is 0 Å². The van der Waals surface area contributed by atoms with E-state index < -0.39 is 10.0 Å². The molecule has 0 spiro atoms. The maximum atomic E-state index is 12.5. The second-order valence-corrected chi connectivity index (χ2v) is 6.61. The van der Waals surface area contributed by atoms with Crippen molar-refractivity contribution in [1.82, 2.24) is 4.31 Å². The number of hydrogen-bond donors (Lipinski definition) is 0. The summed E-state index contributed by atoms with van der Waals surface area (Å²) in [4.78, 5) is 0.321. The van der Waals surface area contributed by atoms with Gasteiger partial charge in [0.25, 0.3) is 0 Å². The molecule has 104 valence electrons.